The van der Waals surface area contributed by atoms with E-state index < -0.39 is 12.1 Å². The average molecular weight is 470 g/mol. The first-order valence-corrected chi connectivity index (χ1v) is 13.7. The Hall–Kier alpha value is -1.69. The average Bonchev–Trinajstić information content (AvgIpc) is 3.18. The molecule has 0 spiro atoms. The highest BCUT2D eigenvalue weighted by atomic mass is 16.2. The minimum atomic E-state index is -0.516. The highest BCUT2D eigenvalue weighted by Crippen LogP contribution is 2.65. The zero-order chi connectivity index (χ0) is 24.2. The van der Waals surface area contributed by atoms with E-state index in [1.54, 1.807) is 4.90 Å². The van der Waals surface area contributed by atoms with Crippen LogP contribution in [0.4, 0.5) is 0 Å². The molecule has 0 aromatic rings. The van der Waals surface area contributed by atoms with Gasteiger partial charge in [-0.25, -0.2) is 0 Å². The standard InChI is InChI=1S/C28H43N3O3/c1-16(15-32)22(11-17-7-6-8-17)30-26(33)25-23-21(28(23,2)3)14-31(25)27(34)24(29)20-12-18-9-4-5-10-19(18)13-20/h15,17-25H,1,4-14,29H2,2-3H3,(H,30,33). The topological polar surface area (TPSA) is 92.5 Å². The number of hydrogen-bond acceptors (Lipinski definition) is 4. The summed E-state index contributed by atoms with van der Waals surface area (Å²) in [6.07, 6.45) is 12.3. The molecule has 5 rings (SSSR count). The van der Waals surface area contributed by atoms with Crippen LogP contribution in [-0.2, 0) is 14.4 Å². The van der Waals surface area contributed by atoms with Gasteiger partial charge in [0.15, 0.2) is 0 Å². The number of nitrogens with two attached hydrogens (primary N) is 1. The van der Waals surface area contributed by atoms with Crippen molar-refractivity contribution in [1.82, 2.24) is 10.2 Å². The van der Waals surface area contributed by atoms with Crippen LogP contribution in [0.1, 0.15) is 78.1 Å². The van der Waals surface area contributed by atoms with E-state index in [-0.39, 0.29) is 35.1 Å². The Morgan fingerprint density at radius 2 is 1.76 bits per heavy atom. The molecule has 0 aromatic carbocycles. The van der Waals surface area contributed by atoms with Gasteiger partial charge >= 0.3 is 0 Å². The van der Waals surface area contributed by atoms with Crippen molar-refractivity contribution < 1.29 is 14.4 Å². The molecule has 188 valence electrons. The van der Waals surface area contributed by atoms with Crippen molar-refractivity contribution in [3.8, 4) is 0 Å². The van der Waals surface area contributed by atoms with Gasteiger partial charge in [-0.05, 0) is 60.2 Å². The molecule has 5 aliphatic rings. The lowest BCUT2D eigenvalue weighted by atomic mass is 9.79. The van der Waals surface area contributed by atoms with Gasteiger partial charge in [0.05, 0.1) is 12.1 Å². The summed E-state index contributed by atoms with van der Waals surface area (Å²) in [5, 5.41) is 3.13. The molecule has 1 saturated heterocycles. The Labute approximate surface area is 204 Å². The number of fused-ring (bicyclic) bond motifs is 2. The molecule has 0 aromatic heterocycles. The predicted molar refractivity (Wildman–Crippen MR) is 132 cm³/mol. The van der Waals surface area contributed by atoms with Crippen molar-refractivity contribution in [1.29, 1.82) is 0 Å². The maximum atomic E-state index is 13.7. The lowest BCUT2D eigenvalue weighted by Crippen LogP contribution is -2.57. The predicted octanol–water partition coefficient (Wildman–Crippen LogP) is 3.44. The van der Waals surface area contributed by atoms with Gasteiger partial charge in [-0.1, -0.05) is 65.4 Å². The van der Waals surface area contributed by atoms with Crippen molar-refractivity contribution in [2.24, 2.45) is 46.7 Å². The quantitative estimate of drug-likeness (QED) is 0.421. The monoisotopic (exact) mass is 469 g/mol. The van der Waals surface area contributed by atoms with Crippen LogP contribution in [0.3, 0.4) is 0 Å². The van der Waals surface area contributed by atoms with Gasteiger partial charge in [0, 0.05) is 12.1 Å². The molecule has 6 nitrogen and oxygen atoms in total. The number of amides is 2. The third kappa shape index (κ3) is 4.14. The molecule has 0 bridgehead atoms. The molecule has 1 aliphatic heterocycles. The van der Waals surface area contributed by atoms with Crippen molar-refractivity contribution in [3.63, 3.8) is 0 Å². The summed E-state index contributed by atoms with van der Waals surface area (Å²) in [7, 11) is 0. The van der Waals surface area contributed by atoms with Gasteiger partial charge in [-0.3, -0.25) is 14.4 Å². The number of nitrogens with zero attached hydrogens (tertiary/aromatic N) is 1. The zero-order valence-electron chi connectivity index (χ0n) is 21.0. The normalized spacial score (nSPS) is 37.7. The lowest BCUT2D eigenvalue weighted by Gasteiger charge is -2.35. The second-order valence-electron chi connectivity index (χ2n) is 12.7. The van der Waals surface area contributed by atoms with Crippen LogP contribution in [0.2, 0.25) is 0 Å². The third-order valence-corrected chi connectivity index (χ3v) is 10.5. The fourth-order valence-electron chi connectivity index (χ4n) is 7.98. The molecule has 4 aliphatic carbocycles. The van der Waals surface area contributed by atoms with Crippen molar-refractivity contribution >= 4 is 18.1 Å². The Morgan fingerprint density at radius 1 is 1.12 bits per heavy atom. The molecule has 34 heavy (non-hydrogen) atoms. The van der Waals surface area contributed by atoms with E-state index in [1.165, 1.54) is 32.1 Å². The van der Waals surface area contributed by atoms with Gasteiger partial charge in [0.25, 0.3) is 0 Å². The Balaban J connectivity index is 1.29. The van der Waals surface area contributed by atoms with E-state index in [9.17, 15) is 14.4 Å². The molecule has 7 atom stereocenters. The maximum absolute atomic E-state index is 13.7. The molecule has 5 fully saturated rings. The Kier molecular flexibility index (Phi) is 6.41. The van der Waals surface area contributed by atoms with Gasteiger partial charge in [-0.15, -0.1) is 0 Å². The third-order valence-electron chi connectivity index (χ3n) is 10.5. The number of rotatable bonds is 8. The molecule has 3 N–H and O–H groups in total. The van der Waals surface area contributed by atoms with Crippen molar-refractivity contribution in [2.45, 2.75) is 96.2 Å². The summed E-state index contributed by atoms with van der Waals surface area (Å²) in [4.78, 5) is 40.6. The van der Waals surface area contributed by atoms with Crippen LogP contribution >= 0.6 is 0 Å². The number of piperidine rings is 1. The number of aldehydes is 1. The number of carbonyl (C=O) groups excluding carboxylic acids is 3. The van der Waals surface area contributed by atoms with Gasteiger partial charge in [-0.2, -0.15) is 0 Å². The molecule has 6 heteroatoms. The minimum Gasteiger partial charge on any atom is -0.347 e. The maximum Gasteiger partial charge on any atom is 0.243 e. The van der Waals surface area contributed by atoms with Gasteiger partial charge in [0.2, 0.25) is 11.8 Å². The van der Waals surface area contributed by atoms with E-state index in [0.29, 0.717) is 24.0 Å². The van der Waals surface area contributed by atoms with E-state index >= 15 is 0 Å². The highest BCUT2D eigenvalue weighted by Gasteiger charge is 2.69. The molecule has 2 amide bonds. The van der Waals surface area contributed by atoms with Crippen LogP contribution in [0.25, 0.3) is 0 Å². The van der Waals surface area contributed by atoms with E-state index in [1.807, 2.05) is 0 Å². The Morgan fingerprint density at radius 3 is 2.32 bits per heavy atom. The second kappa shape index (κ2) is 9.07. The van der Waals surface area contributed by atoms with Crippen LogP contribution in [0.5, 0.6) is 0 Å². The van der Waals surface area contributed by atoms with Crippen LogP contribution in [0, 0.1) is 40.9 Å². The van der Waals surface area contributed by atoms with Crippen molar-refractivity contribution in [2.75, 3.05) is 6.54 Å². The van der Waals surface area contributed by atoms with Crippen LogP contribution < -0.4 is 11.1 Å². The first-order chi connectivity index (χ1) is 16.2. The number of nitrogens with one attached hydrogen (secondary N) is 1. The second-order valence-corrected chi connectivity index (χ2v) is 12.7. The van der Waals surface area contributed by atoms with E-state index in [2.05, 4.69) is 25.7 Å². The fourth-order valence-corrected chi connectivity index (χ4v) is 7.98. The summed E-state index contributed by atoms with van der Waals surface area (Å²) in [6, 6.07) is -1.36. The number of likely N-dealkylation sites (tertiary alicyclic amines) is 1. The smallest absolute Gasteiger partial charge is 0.243 e. The molecular formula is C28H43N3O3. The summed E-state index contributed by atoms with van der Waals surface area (Å²) < 4.78 is 0. The van der Waals surface area contributed by atoms with E-state index in [4.69, 9.17) is 5.73 Å². The van der Waals surface area contributed by atoms with Gasteiger partial charge < -0.3 is 16.0 Å². The fraction of sp³-hybridized carbons (Fsp3) is 0.821. The summed E-state index contributed by atoms with van der Waals surface area (Å²) >= 11 is 0. The first-order valence-electron chi connectivity index (χ1n) is 13.7. The minimum absolute atomic E-state index is 0.0449. The number of hydrogen-bond donors (Lipinski definition) is 2. The van der Waals surface area contributed by atoms with E-state index in [0.717, 1.165) is 50.2 Å². The SMILES string of the molecule is C=C(C=O)C(CC1CCC1)NC(=O)C1C2C(CN1C(=O)C(N)C1CC3CCCCC3C1)C2(C)C. The number of carbonyl (C=O) groups is 3. The zero-order valence-corrected chi connectivity index (χ0v) is 21.0. The summed E-state index contributed by atoms with van der Waals surface area (Å²) in [5.41, 5.74) is 7.10. The first kappa shape index (κ1) is 24.0. The molecule has 4 saturated carbocycles. The summed E-state index contributed by atoms with van der Waals surface area (Å²) in [6.45, 7) is 8.92. The summed E-state index contributed by atoms with van der Waals surface area (Å²) in [5.74, 6) is 2.54. The molecule has 7 unspecified atom stereocenters. The van der Waals surface area contributed by atoms with Crippen LogP contribution in [-0.4, -0.2) is 47.7 Å². The highest BCUT2D eigenvalue weighted by molar-refractivity contribution is 5.92. The molecule has 0 radical (unpaired) electrons. The molecule has 1 heterocycles. The van der Waals surface area contributed by atoms with Gasteiger partial charge in [0.1, 0.15) is 12.3 Å². The Bertz CT molecular complexity index is 836. The van der Waals surface area contributed by atoms with Crippen molar-refractivity contribution in [3.05, 3.63) is 12.2 Å². The molecular weight excluding hydrogens is 426 g/mol. The largest absolute Gasteiger partial charge is 0.347 e. The van der Waals surface area contributed by atoms with Crippen LogP contribution in [0.15, 0.2) is 12.2 Å². The lowest BCUT2D eigenvalue weighted by molar-refractivity contribution is -0.142.